The lowest BCUT2D eigenvalue weighted by Crippen LogP contribution is -2.00. The summed E-state index contributed by atoms with van der Waals surface area (Å²) in [7, 11) is 0. The Kier molecular flexibility index (Phi) is 2.84. The van der Waals surface area contributed by atoms with Gasteiger partial charge in [-0.15, -0.1) is 0 Å². The van der Waals surface area contributed by atoms with E-state index in [2.05, 4.69) is 20.9 Å². The van der Waals surface area contributed by atoms with Crippen LogP contribution in [0.3, 0.4) is 0 Å². The van der Waals surface area contributed by atoms with Gasteiger partial charge in [0.15, 0.2) is 9.89 Å². The molecule has 0 spiro atoms. The zero-order chi connectivity index (χ0) is 8.59. The van der Waals surface area contributed by atoms with Crippen LogP contribution in [0.1, 0.15) is 19.9 Å². The van der Waals surface area contributed by atoms with Crippen molar-refractivity contribution in [3.63, 3.8) is 0 Å². The number of nitrogens with zero attached hydrogens (tertiary/aromatic N) is 2. The highest BCUT2D eigenvalue weighted by molar-refractivity contribution is 9.10. The first-order valence-electron chi connectivity index (χ1n) is 3.12. The van der Waals surface area contributed by atoms with Gasteiger partial charge in [0.2, 0.25) is 0 Å². The Morgan fingerprint density at radius 3 is 2.18 bits per heavy atom. The van der Waals surface area contributed by atoms with Crippen LogP contribution in [0.25, 0.3) is 0 Å². The van der Waals surface area contributed by atoms with E-state index in [1.54, 1.807) is 0 Å². The Labute approximate surface area is 83.6 Å². The predicted octanol–water partition coefficient (Wildman–Crippen LogP) is 3.53. The lowest BCUT2D eigenvalue weighted by molar-refractivity contribution is 0.588. The maximum atomic E-state index is 5.85. The summed E-state index contributed by atoms with van der Waals surface area (Å²) in [6, 6.07) is 0.261. The van der Waals surface area contributed by atoms with Crippen LogP contribution < -0.4 is 0 Å². The monoisotopic (exact) mass is 256 g/mol. The topological polar surface area (TPSA) is 17.8 Å². The van der Waals surface area contributed by atoms with E-state index < -0.39 is 0 Å². The molecule has 1 aromatic heterocycles. The molecule has 0 saturated heterocycles. The van der Waals surface area contributed by atoms with Crippen molar-refractivity contribution < 1.29 is 0 Å². The molecule has 0 aliphatic carbocycles. The first-order chi connectivity index (χ1) is 5.04. The van der Waals surface area contributed by atoms with Gasteiger partial charge in [0.05, 0.1) is 0 Å². The van der Waals surface area contributed by atoms with E-state index in [-0.39, 0.29) is 6.04 Å². The third-order valence-electron chi connectivity index (χ3n) is 1.29. The number of imidazole rings is 1. The summed E-state index contributed by atoms with van der Waals surface area (Å²) < 4.78 is 2.48. The molecule has 11 heavy (non-hydrogen) atoms. The third kappa shape index (κ3) is 1.71. The van der Waals surface area contributed by atoms with E-state index in [0.717, 1.165) is 0 Å². The van der Waals surface area contributed by atoms with Gasteiger partial charge < -0.3 is 4.57 Å². The molecule has 0 amide bonds. The third-order valence-corrected chi connectivity index (χ3v) is 2.57. The Balaban J connectivity index is 3.22. The zero-order valence-corrected chi connectivity index (χ0v) is 9.20. The van der Waals surface area contributed by atoms with E-state index in [4.69, 9.17) is 23.2 Å². The number of hydrogen-bond donors (Lipinski definition) is 0. The van der Waals surface area contributed by atoms with Crippen LogP contribution in [-0.2, 0) is 0 Å². The van der Waals surface area contributed by atoms with Crippen LogP contribution in [0.15, 0.2) is 4.73 Å². The van der Waals surface area contributed by atoms with Gasteiger partial charge in [-0.2, -0.15) is 0 Å². The van der Waals surface area contributed by atoms with E-state index >= 15 is 0 Å². The summed E-state index contributed by atoms with van der Waals surface area (Å²) in [5.74, 6) is 0. The summed E-state index contributed by atoms with van der Waals surface area (Å²) in [6.07, 6.45) is 0. The summed E-state index contributed by atoms with van der Waals surface area (Å²) in [4.78, 5) is 3.94. The molecule has 0 aliphatic rings. The molecule has 1 heterocycles. The van der Waals surface area contributed by atoms with Gasteiger partial charge in [0, 0.05) is 6.04 Å². The fraction of sp³-hybridized carbons (Fsp3) is 0.500. The maximum absolute atomic E-state index is 5.85. The number of rotatable bonds is 1. The second kappa shape index (κ2) is 3.33. The number of hydrogen-bond acceptors (Lipinski definition) is 1. The van der Waals surface area contributed by atoms with Gasteiger partial charge in [-0.3, -0.25) is 0 Å². The van der Waals surface area contributed by atoms with E-state index in [9.17, 15) is 0 Å². The molecule has 2 nitrogen and oxygen atoms in total. The van der Waals surface area contributed by atoms with E-state index in [0.29, 0.717) is 15.0 Å². The van der Waals surface area contributed by atoms with Crippen molar-refractivity contribution in [2.45, 2.75) is 19.9 Å². The summed E-state index contributed by atoms with van der Waals surface area (Å²) in [5, 5.41) is 0.820. The molecule has 0 atom stereocenters. The lowest BCUT2D eigenvalue weighted by Gasteiger charge is -2.08. The van der Waals surface area contributed by atoms with E-state index in [1.165, 1.54) is 0 Å². The highest BCUT2D eigenvalue weighted by Gasteiger charge is 2.13. The molecule has 62 valence electrons. The van der Waals surface area contributed by atoms with Crippen molar-refractivity contribution in [1.29, 1.82) is 0 Å². The average molecular weight is 258 g/mol. The van der Waals surface area contributed by atoms with Crippen LogP contribution in [0.5, 0.6) is 0 Å². The van der Waals surface area contributed by atoms with Gasteiger partial charge in [0.1, 0.15) is 5.15 Å². The second-order valence-corrected chi connectivity index (χ2v) is 3.85. The quantitative estimate of drug-likeness (QED) is 0.753. The minimum Gasteiger partial charge on any atom is -0.306 e. The van der Waals surface area contributed by atoms with Crippen molar-refractivity contribution in [3.8, 4) is 0 Å². The molecular formula is C6H7BrCl2N2. The first kappa shape index (κ1) is 9.36. The van der Waals surface area contributed by atoms with Gasteiger partial charge >= 0.3 is 0 Å². The van der Waals surface area contributed by atoms with Gasteiger partial charge in [0.25, 0.3) is 0 Å². The van der Waals surface area contributed by atoms with Crippen LogP contribution in [0.4, 0.5) is 0 Å². The normalized spacial score (nSPS) is 11.1. The highest BCUT2D eigenvalue weighted by atomic mass is 79.9. The molecule has 1 aromatic rings. The Morgan fingerprint density at radius 2 is 2.00 bits per heavy atom. The summed E-state index contributed by atoms with van der Waals surface area (Å²) >= 11 is 14.8. The van der Waals surface area contributed by atoms with Crippen LogP contribution >= 0.6 is 39.1 Å². The van der Waals surface area contributed by atoms with Crippen molar-refractivity contribution in [3.05, 3.63) is 15.0 Å². The predicted molar refractivity (Wildman–Crippen MR) is 50.3 cm³/mol. The van der Waals surface area contributed by atoms with Crippen LogP contribution in [-0.4, -0.2) is 9.55 Å². The van der Waals surface area contributed by atoms with Crippen molar-refractivity contribution in [2.75, 3.05) is 0 Å². The largest absolute Gasteiger partial charge is 0.306 e. The molecule has 0 saturated carbocycles. The van der Waals surface area contributed by atoms with Gasteiger partial charge in [-0.1, -0.05) is 23.2 Å². The van der Waals surface area contributed by atoms with Crippen molar-refractivity contribution >= 4 is 39.1 Å². The standard InChI is InChI=1S/C6H7BrCl2N2/c1-3(2)11-5(9)4(8)10-6(11)7/h3H,1-2H3. The van der Waals surface area contributed by atoms with Crippen LogP contribution in [0, 0.1) is 0 Å². The molecule has 0 fully saturated rings. The summed E-state index contributed by atoms with van der Waals surface area (Å²) in [5.41, 5.74) is 0. The SMILES string of the molecule is CC(C)n1c(Br)nc(Cl)c1Cl. The van der Waals surface area contributed by atoms with Crippen molar-refractivity contribution in [2.24, 2.45) is 0 Å². The zero-order valence-electron chi connectivity index (χ0n) is 6.11. The number of aromatic nitrogens is 2. The molecule has 1 rings (SSSR count). The second-order valence-electron chi connectivity index (χ2n) is 2.43. The fourth-order valence-electron chi connectivity index (χ4n) is 0.801. The molecule has 0 bridgehead atoms. The van der Waals surface area contributed by atoms with E-state index in [1.807, 2.05) is 18.4 Å². The Morgan fingerprint density at radius 1 is 1.45 bits per heavy atom. The number of halogens is 3. The minimum atomic E-state index is 0.261. The fourth-order valence-corrected chi connectivity index (χ4v) is 2.26. The average Bonchev–Trinajstić information content (AvgIpc) is 2.07. The molecular weight excluding hydrogens is 251 g/mol. The maximum Gasteiger partial charge on any atom is 0.180 e. The molecule has 0 radical (unpaired) electrons. The highest BCUT2D eigenvalue weighted by Crippen LogP contribution is 2.28. The molecule has 0 aromatic carbocycles. The minimum absolute atomic E-state index is 0.261. The van der Waals surface area contributed by atoms with Crippen molar-refractivity contribution in [1.82, 2.24) is 9.55 Å². The Hall–Kier alpha value is 0.270. The van der Waals surface area contributed by atoms with Crippen LogP contribution in [0.2, 0.25) is 10.3 Å². The lowest BCUT2D eigenvalue weighted by atomic mass is 10.4. The Bertz CT molecular complexity index is 270. The van der Waals surface area contributed by atoms with Gasteiger partial charge in [-0.05, 0) is 29.8 Å². The molecule has 0 N–H and O–H groups in total. The molecule has 5 heteroatoms. The molecule has 0 aliphatic heterocycles. The summed E-state index contributed by atoms with van der Waals surface area (Å²) in [6.45, 7) is 4.02. The van der Waals surface area contributed by atoms with Gasteiger partial charge in [-0.25, -0.2) is 4.98 Å². The smallest absolute Gasteiger partial charge is 0.180 e. The first-order valence-corrected chi connectivity index (χ1v) is 4.67. The molecule has 0 unspecified atom stereocenters.